The van der Waals surface area contributed by atoms with Crippen LogP contribution >= 0.6 is 0 Å². The van der Waals surface area contributed by atoms with E-state index in [2.05, 4.69) is 5.10 Å². The summed E-state index contributed by atoms with van der Waals surface area (Å²) < 4.78 is 6.75. The summed E-state index contributed by atoms with van der Waals surface area (Å²) in [6, 6.07) is 1.51. The summed E-state index contributed by atoms with van der Waals surface area (Å²) in [6.07, 6.45) is 1.22. The third kappa shape index (κ3) is 5.31. The van der Waals surface area contributed by atoms with Crippen LogP contribution in [0.15, 0.2) is 12.3 Å². The summed E-state index contributed by atoms with van der Waals surface area (Å²) in [5, 5.41) is 21.8. The highest BCUT2D eigenvalue weighted by Gasteiger charge is 2.19. The number of hydrogen-bond donors (Lipinski definition) is 2. The molecule has 1 heterocycles. The van der Waals surface area contributed by atoms with Gasteiger partial charge < -0.3 is 19.7 Å². The lowest BCUT2D eigenvalue weighted by Crippen LogP contribution is -2.36. The van der Waals surface area contributed by atoms with Gasteiger partial charge in [-0.15, -0.1) is 0 Å². The van der Waals surface area contributed by atoms with Gasteiger partial charge in [0.25, 0.3) is 0 Å². The van der Waals surface area contributed by atoms with E-state index >= 15 is 0 Å². The number of hydrogen-bond acceptors (Lipinski definition) is 5. The van der Waals surface area contributed by atoms with E-state index in [0.717, 1.165) is 0 Å². The van der Waals surface area contributed by atoms with Crippen LogP contribution in [0.5, 0.6) is 0 Å². The Hall–Kier alpha value is -1.54. The van der Waals surface area contributed by atoms with Crippen LogP contribution in [0, 0.1) is 0 Å². The lowest BCUT2D eigenvalue weighted by Gasteiger charge is -2.24. The second-order valence-electron chi connectivity index (χ2n) is 5.28. The van der Waals surface area contributed by atoms with Gasteiger partial charge in [-0.2, -0.15) is 5.10 Å². The van der Waals surface area contributed by atoms with Crippen LogP contribution in [0.4, 0.5) is 4.79 Å². The normalized spacial score (nSPS) is 11.3. The Kier molecular flexibility index (Phi) is 4.96. The maximum atomic E-state index is 11.7. The average Bonchev–Trinajstić information content (AvgIpc) is 2.72. The summed E-state index contributed by atoms with van der Waals surface area (Å²) in [4.78, 5) is 13.1. The average molecular weight is 269 g/mol. The predicted molar refractivity (Wildman–Crippen MR) is 70.9 cm³/mol. The zero-order valence-electron chi connectivity index (χ0n) is 11.7. The number of aromatic nitrogens is 2. The highest BCUT2D eigenvalue weighted by Crippen LogP contribution is 2.08. The monoisotopic (exact) mass is 269 g/mol. The van der Waals surface area contributed by atoms with E-state index in [1.54, 1.807) is 34.0 Å². The van der Waals surface area contributed by atoms with Crippen molar-refractivity contribution < 1.29 is 19.6 Å². The van der Waals surface area contributed by atoms with Crippen LogP contribution in [0.1, 0.15) is 20.8 Å². The highest BCUT2D eigenvalue weighted by molar-refractivity contribution is 6.57. The first-order chi connectivity index (χ1) is 8.69. The van der Waals surface area contributed by atoms with Crippen LogP contribution in [-0.2, 0) is 11.3 Å². The number of amides is 1. The molecule has 0 spiro atoms. The van der Waals surface area contributed by atoms with Crippen molar-refractivity contribution in [2.75, 3.05) is 13.6 Å². The van der Waals surface area contributed by atoms with Gasteiger partial charge in [-0.3, -0.25) is 4.68 Å². The predicted octanol–water partition coefficient (Wildman–Crippen LogP) is -0.570. The van der Waals surface area contributed by atoms with E-state index in [1.807, 2.05) is 0 Å². The lowest BCUT2D eigenvalue weighted by molar-refractivity contribution is 0.0292. The molecule has 0 fully saturated rings. The smallest absolute Gasteiger partial charge is 0.444 e. The molecule has 0 aromatic carbocycles. The van der Waals surface area contributed by atoms with Crippen molar-refractivity contribution in [1.82, 2.24) is 14.7 Å². The quantitative estimate of drug-likeness (QED) is 0.715. The van der Waals surface area contributed by atoms with Gasteiger partial charge in [-0.25, -0.2) is 4.79 Å². The van der Waals surface area contributed by atoms with Gasteiger partial charge in [-0.1, -0.05) is 0 Å². The van der Waals surface area contributed by atoms with Crippen molar-refractivity contribution in [1.29, 1.82) is 0 Å². The number of carbonyl (C=O) groups is 1. The van der Waals surface area contributed by atoms with Gasteiger partial charge >= 0.3 is 13.2 Å². The molecular formula is C11H20BN3O4. The fraction of sp³-hybridized carbons (Fsp3) is 0.636. The summed E-state index contributed by atoms with van der Waals surface area (Å²) in [5.41, 5.74) is -0.342. The minimum absolute atomic E-state index is 0.180. The molecule has 7 nitrogen and oxygen atoms in total. The topological polar surface area (TPSA) is 87.8 Å². The van der Waals surface area contributed by atoms with E-state index in [1.165, 1.54) is 15.6 Å². The molecule has 2 N–H and O–H groups in total. The van der Waals surface area contributed by atoms with Gasteiger partial charge in [0.1, 0.15) is 5.60 Å². The van der Waals surface area contributed by atoms with Gasteiger partial charge in [0.15, 0.2) is 0 Å². The Morgan fingerprint density at radius 1 is 1.53 bits per heavy atom. The molecule has 8 heteroatoms. The number of rotatable bonds is 4. The summed E-state index contributed by atoms with van der Waals surface area (Å²) >= 11 is 0. The minimum Gasteiger partial charge on any atom is -0.444 e. The summed E-state index contributed by atoms with van der Waals surface area (Å²) in [7, 11) is 0.0594. The molecule has 0 saturated heterocycles. The zero-order chi connectivity index (χ0) is 14.6. The molecule has 0 aliphatic rings. The van der Waals surface area contributed by atoms with Crippen molar-refractivity contribution in [2.24, 2.45) is 0 Å². The first-order valence-electron chi connectivity index (χ1n) is 6.02. The third-order valence-corrected chi connectivity index (χ3v) is 2.30. The van der Waals surface area contributed by atoms with Crippen LogP contribution in [-0.4, -0.2) is 57.1 Å². The van der Waals surface area contributed by atoms with E-state index in [4.69, 9.17) is 14.8 Å². The molecule has 0 radical (unpaired) electrons. The first-order valence-corrected chi connectivity index (χ1v) is 6.02. The van der Waals surface area contributed by atoms with E-state index in [0.29, 0.717) is 13.1 Å². The van der Waals surface area contributed by atoms with E-state index in [-0.39, 0.29) is 5.59 Å². The molecule has 1 amide bonds. The SMILES string of the molecule is CN(CCn1ccc(B(O)O)n1)C(=O)OC(C)(C)C. The molecule has 0 unspecified atom stereocenters. The van der Waals surface area contributed by atoms with Crippen LogP contribution in [0.25, 0.3) is 0 Å². The molecule has 0 aliphatic heterocycles. The zero-order valence-corrected chi connectivity index (χ0v) is 11.7. The molecule has 0 bridgehead atoms. The molecule has 0 aliphatic carbocycles. The van der Waals surface area contributed by atoms with Gasteiger partial charge in [0.2, 0.25) is 0 Å². The third-order valence-electron chi connectivity index (χ3n) is 2.30. The standard InChI is InChI=1S/C11H20BN3O4/c1-11(2,3)19-10(16)14(4)7-8-15-6-5-9(13-15)12(17)18/h5-6,17-18H,7-8H2,1-4H3. The Morgan fingerprint density at radius 3 is 2.63 bits per heavy atom. The fourth-order valence-electron chi connectivity index (χ4n) is 1.32. The Morgan fingerprint density at radius 2 is 2.16 bits per heavy atom. The minimum atomic E-state index is -1.58. The maximum absolute atomic E-state index is 11.7. The Labute approximate surface area is 112 Å². The number of nitrogens with zero attached hydrogens (tertiary/aromatic N) is 3. The Bertz CT molecular complexity index is 428. The molecule has 0 atom stereocenters. The number of carbonyl (C=O) groups excluding carboxylic acids is 1. The molecule has 106 valence electrons. The van der Waals surface area contributed by atoms with Crippen molar-refractivity contribution in [2.45, 2.75) is 32.9 Å². The number of ether oxygens (including phenoxy) is 1. The van der Waals surface area contributed by atoms with Crippen molar-refractivity contribution in [3.63, 3.8) is 0 Å². The largest absolute Gasteiger partial charge is 0.510 e. The second-order valence-corrected chi connectivity index (χ2v) is 5.28. The first kappa shape index (κ1) is 15.5. The van der Waals surface area contributed by atoms with Crippen molar-refractivity contribution in [3.05, 3.63) is 12.3 Å². The summed E-state index contributed by atoms with van der Waals surface area (Å²) in [5.74, 6) is 0. The van der Waals surface area contributed by atoms with Crippen LogP contribution in [0.3, 0.4) is 0 Å². The van der Waals surface area contributed by atoms with Gasteiger partial charge in [0.05, 0.1) is 12.1 Å². The van der Waals surface area contributed by atoms with Crippen LogP contribution < -0.4 is 5.59 Å². The fourth-order valence-corrected chi connectivity index (χ4v) is 1.32. The van der Waals surface area contributed by atoms with Crippen molar-refractivity contribution in [3.8, 4) is 0 Å². The molecule has 1 aromatic heterocycles. The van der Waals surface area contributed by atoms with Gasteiger partial charge in [-0.05, 0) is 26.8 Å². The maximum Gasteiger partial charge on any atom is 0.510 e. The van der Waals surface area contributed by atoms with Crippen LogP contribution in [0.2, 0.25) is 0 Å². The number of likely N-dealkylation sites (N-methyl/N-ethyl adjacent to an activating group) is 1. The highest BCUT2D eigenvalue weighted by atomic mass is 16.6. The van der Waals surface area contributed by atoms with Gasteiger partial charge in [0, 0.05) is 19.8 Å². The molecule has 0 saturated carbocycles. The van der Waals surface area contributed by atoms with E-state index in [9.17, 15) is 4.79 Å². The van der Waals surface area contributed by atoms with E-state index < -0.39 is 18.8 Å². The van der Waals surface area contributed by atoms with Crippen molar-refractivity contribution >= 4 is 18.8 Å². The second kappa shape index (κ2) is 6.07. The summed E-state index contributed by atoms with van der Waals surface area (Å²) in [6.45, 7) is 6.28. The lowest BCUT2D eigenvalue weighted by atomic mass is 9.87. The molecule has 1 rings (SSSR count). The Balaban J connectivity index is 2.45. The molecule has 19 heavy (non-hydrogen) atoms. The molecule has 1 aromatic rings. The molecular weight excluding hydrogens is 249 g/mol.